The molecular formula is C25H14N4. The maximum Gasteiger partial charge on any atom is 0.0971 e. The number of aromatic nitrogens is 4. The monoisotopic (exact) mass is 370 g/mol. The molecule has 134 valence electrons. The Labute approximate surface area is 166 Å². The summed E-state index contributed by atoms with van der Waals surface area (Å²) in [6, 6.07) is 23.4. The molecule has 3 aromatic carbocycles. The van der Waals surface area contributed by atoms with E-state index in [1.165, 1.54) is 10.8 Å². The van der Waals surface area contributed by atoms with Gasteiger partial charge in [0.25, 0.3) is 0 Å². The van der Waals surface area contributed by atoms with Gasteiger partial charge in [0.05, 0.1) is 33.6 Å². The molecule has 7 rings (SSSR count). The molecule has 0 atom stereocenters. The van der Waals surface area contributed by atoms with E-state index in [0.717, 1.165) is 50.1 Å². The van der Waals surface area contributed by atoms with E-state index in [1.54, 1.807) is 12.4 Å². The quantitative estimate of drug-likeness (QED) is 0.368. The molecule has 0 spiro atoms. The zero-order valence-electron chi connectivity index (χ0n) is 15.4. The largest absolute Gasteiger partial charge is 0.307 e. The van der Waals surface area contributed by atoms with E-state index in [4.69, 9.17) is 0 Å². The molecule has 4 heteroatoms. The number of pyridine rings is 1. The molecule has 4 nitrogen and oxygen atoms in total. The highest BCUT2D eigenvalue weighted by Crippen LogP contribution is 2.47. The third-order valence-corrected chi connectivity index (χ3v) is 5.89. The Bertz CT molecular complexity index is 1530. The lowest BCUT2D eigenvalue weighted by Gasteiger charge is -2.12. The molecule has 0 saturated heterocycles. The zero-order chi connectivity index (χ0) is 18.9. The van der Waals surface area contributed by atoms with Gasteiger partial charge in [0.1, 0.15) is 0 Å². The number of fused-ring (bicyclic) bond motifs is 6. The number of benzene rings is 3. The summed E-state index contributed by atoms with van der Waals surface area (Å²) in [6.07, 6.45) is 5.40. The van der Waals surface area contributed by atoms with E-state index in [0.29, 0.717) is 0 Å². The van der Waals surface area contributed by atoms with Gasteiger partial charge in [-0.3, -0.25) is 15.0 Å². The van der Waals surface area contributed by atoms with Crippen molar-refractivity contribution in [2.75, 3.05) is 0 Å². The number of rotatable bonds is 1. The van der Waals surface area contributed by atoms with Crippen LogP contribution in [0.25, 0.3) is 60.9 Å². The number of nitrogens with zero attached hydrogens (tertiary/aromatic N) is 4. The highest BCUT2D eigenvalue weighted by Gasteiger charge is 2.25. The van der Waals surface area contributed by atoms with E-state index < -0.39 is 0 Å². The predicted molar refractivity (Wildman–Crippen MR) is 116 cm³/mol. The van der Waals surface area contributed by atoms with Crippen molar-refractivity contribution in [3.63, 3.8) is 0 Å². The molecule has 0 bridgehead atoms. The van der Waals surface area contributed by atoms with Crippen LogP contribution in [0.15, 0.2) is 85.3 Å². The molecule has 0 aliphatic heterocycles. The maximum atomic E-state index is 4.67. The fourth-order valence-corrected chi connectivity index (χ4v) is 4.76. The molecule has 0 N–H and O–H groups in total. The Kier molecular flexibility index (Phi) is 2.71. The minimum atomic E-state index is 0.967. The van der Waals surface area contributed by atoms with Gasteiger partial charge < -0.3 is 4.57 Å². The maximum absolute atomic E-state index is 4.67. The average Bonchev–Trinajstić information content (AvgIpc) is 3.29. The third-order valence-electron chi connectivity index (χ3n) is 5.89. The lowest BCUT2D eigenvalue weighted by atomic mass is 10.0. The number of hydrogen-bond donors (Lipinski definition) is 0. The van der Waals surface area contributed by atoms with Crippen molar-refractivity contribution in [3.8, 4) is 28.2 Å². The van der Waals surface area contributed by atoms with Gasteiger partial charge in [-0.05, 0) is 30.3 Å². The summed E-state index contributed by atoms with van der Waals surface area (Å²) in [5.41, 5.74) is 8.69. The van der Waals surface area contributed by atoms with Crippen LogP contribution in [0, 0.1) is 0 Å². The second-order valence-electron chi connectivity index (χ2n) is 7.34. The summed E-state index contributed by atoms with van der Waals surface area (Å²) in [5, 5.41) is 3.59. The highest BCUT2D eigenvalue weighted by atomic mass is 15.0. The molecule has 6 aromatic rings. The molecule has 3 aromatic heterocycles. The van der Waals surface area contributed by atoms with Crippen molar-refractivity contribution >= 4 is 32.7 Å². The van der Waals surface area contributed by atoms with Gasteiger partial charge in [0.2, 0.25) is 0 Å². The van der Waals surface area contributed by atoms with Gasteiger partial charge in [-0.1, -0.05) is 36.4 Å². The van der Waals surface area contributed by atoms with Crippen LogP contribution in [0.5, 0.6) is 0 Å². The van der Waals surface area contributed by atoms with E-state index >= 15 is 0 Å². The minimum absolute atomic E-state index is 0.967. The Hall–Kier alpha value is -4.05. The fourth-order valence-electron chi connectivity index (χ4n) is 4.76. The molecule has 0 fully saturated rings. The van der Waals surface area contributed by atoms with Crippen LogP contribution < -0.4 is 0 Å². The summed E-state index contributed by atoms with van der Waals surface area (Å²) >= 11 is 0. The Morgan fingerprint density at radius 3 is 2.21 bits per heavy atom. The third kappa shape index (κ3) is 1.81. The summed E-state index contributed by atoms with van der Waals surface area (Å²) in [4.78, 5) is 13.9. The van der Waals surface area contributed by atoms with Gasteiger partial charge in [-0.2, -0.15) is 0 Å². The van der Waals surface area contributed by atoms with Crippen LogP contribution in [0.1, 0.15) is 0 Å². The van der Waals surface area contributed by atoms with Crippen molar-refractivity contribution in [2.24, 2.45) is 0 Å². The Balaban J connectivity index is 1.67. The molecule has 0 amide bonds. The van der Waals surface area contributed by atoms with Crippen molar-refractivity contribution in [1.82, 2.24) is 19.5 Å². The predicted octanol–water partition coefficient (Wildman–Crippen LogP) is 5.77. The molecule has 29 heavy (non-hydrogen) atoms. The smallest absolute Gasteiger partial charge is 0.0971 e. The van der Waals surface area contributed by atoms with Crippen molar-refractivity contribution in [2.45, 2.75) is 0 Å². The number of para-hydroxylation sites is 1. The SMILES string of the molecule is c1cc2c3c(ccc(-n4c5ccccc5c5ncccc54)c3c1)-c1nccnc1-2. The molecule has 1 aliphatic rings. The van der Waals surface area contributed by atoms with Gasteiger partial charge in [-0.25, -0.2) is 0 Å². The van der Waals surface area contributed by atoms with Crippen LogP contribution >= 0.6 is 0 Å². The van der Waals surface area contributed by atoms with Crippen LogP contribution in [0.2, 0.25) is 0 Å². The van der Waals surface area contributed by atoms with Crippen molar-refractivity contribution in [3.05, 3.63) is 85.3 Å². The lowest BCUT2D eigenvalue weighted by molar-refractivity contribution is 1.19. The molecule has 0 saturated carbocycles. The summed E-state index contributed by atoms with van der Waals surface area (Å²) in [6.45, 7) is 0. The first kappa shape index (κ1) is 14.9. The zero-order valence-corrected chi connectivity index (χ0v) is 15.4. The first-order valence-electron chi connectivity index (χ1n) is 9.64. The average molecular weight is 370 g/mol. The minimum Gasteiger partial charge on any atom is -0.307 e. The van der Waals surface area contributed by atoms with Crippen LogP contribution in [-0.4, -0.2) is 19.5 Å². The summed E-state index contributed by atoms with van der Waals surface area (Å²) in [7, 11) is 0. The summed E-state index contributed by atoms with van der Waals surface area (Å²) in [5.74, 6) is 0. The second kappa shape index (κ2) is 5.26. The standard InChI is InChI=1S/C25H14N4/c1-2-8-19-16(5-1)23-21(9-4-12-26-23)29(19)20-11-10-18-22-15(20)6-3-7-17(22)24-25(18)28-14-13-27-24/h1-14H. The van der Waals surface area contributed by atoms with Crippen molar-refractivity contribution in [1.29, 1.82) is 0 Å². The molecule has 3 heterocycles. The first-order chi connectivity index (χ1) is 14.4. The van der Waals surface area contributed by atoms with Gasteiger partial charge in [-0.15, -0.1) is 0 Å². The van der Waals surface area contributed by atoms with Crippen molar-refractivity contribution < 1.29 is 0 Å². The van der Waals surface area contributed by atoms with Gasteiger partial charge in [0, 0.05) is 45.9 Å². The van der Waals surface area contributed by atoms with E-state index in [2.05, 4.69) is 80.2 Å². The first-order valence-corrected chi connectivity index (χ1v) is 9.64. The van der Waals surface area contributed by atoms with Crippen LogP contribution in [0.3, 0.4) is 0 Å². The lowest BCUT2D eigenvalue weighted by Crippen LogP contribution is -1.95. The fraction of sp³-hybridized carbons (Fsp3) is 0. The van der Waals surface area contributed by atoms with E-state index in [-0.39, 0.29) is 0 Å². The Morgan fingerprint density at radius 1 is 0.552 bits per heavy atom. The number of hydrogen-bond acceptors (Lipinski definition) is 3. The molecule has 0 unspecified atom stereocenters. The molecular weight excluding hydrogens is 356 g/mol. The van der Waals surface area contributed by atoms with Gasteiger partial charge in [0.15, 0.2) is 0 Å². The van der Waals surface area contributed by atoms with Crippen LogP contribution in [-0.2, 0) is 0 Å². The molecule has 1 aliphatic carbocycles. The van der Waals surface area contributed by atoms with Crippen LogP contribution in [0.4, 0.5) is 0 Å². The highest BCUT2D eigenvalue weighted by molar-refractivity contribution is 6.17. The topological polar surface area (TPSA) is 43.6 Å². The molecule has 0 radical (unpaired) electrons. The van der Waals surface area contributed by atoms with E-state index in [9.17, 15) is 0 Å². The van der Waals surface area contributed by atoms with E-state index in [1.807, 2.05) is 12.3 Å². The summed E-state index contributed by atoms with van der Waals surface area (Å²) < 4.78 is 2.32. The van der Waals surface area contributed by atoms with Gasteiger partial charge >= 0.3 is 0 Å². The normalized spacial score (nSPS) is 12.1. The second-order valence-corrected chi connectivity index (χ2v) is 7.34. The Morgan fingerprint density at radius 2 is 1.31 bits per heavy atom.